The maximum atomic E-state index is 10.8. The highest BCUT2D eigenvalue weighted by atomic mass is 16.4. The van der Waals surface area contributed by atoms with Gasteiger partial charge < -0.3 is 10.0 Å². The van der Waals surface area contributed by atoms with E-state index in [2.05, 4.69) is 6.92 Å². The summed E-state index contributed by atoms with van der Waals surface area (Å²) in [6, 6.07) is 0. The van der Waals surface area contributed by atoms with Crippen LogP contribution in [0.4, 0.5) is 4.79 Å². The van der Waals surface area contributed by atoms with E-state index < -0.39 is 6.09 Å². The van der Waals surface area contributed by atoms with Gasteiger partial charge in [-0.25, -0.2) is 4.79 Å². The standard InChI is InChI=1S/C11H23NO2/c1-4-5-6-7-8-12(11(13)14)9-10(2)3/h10H,4-9H2,1-3H3,(H,13,14). The van der Waals surface area contributed by atoms with Gasteiger partial charge >= 0.3 is 6.09 Å². The van der Waals surface area contributed by atoms with Gasteiger partial charge in [-0.05, 0) is 12.3 Å². The highest BCUT2D eigenvalue weighted by Gasteiger charge is 2.11. The molecule has 0 aromatic carbocycles. The number of unbranched alkanes of at least 4 members (excludes halogenated alkanes) is 3. The lowest BCUT2D eigenvalue weighted by Gasteiger charge is -2.20. The molecule has 0 aromatic heterocycles. The molecule has 0 unspecified atom stereocenters. The number of amides is 1. The molecular formula is C11H23NO2. The van der Waals surface area contributed by atoms with Crippen molar-refractivity contribution in [3.8, 4) is 0 Å². The largest absolute Gasteiger partial charge is 0.465 e. The maximum absolute atomic E-state index is 10.8. The molecule has 0 saturated carbocycles. The normalized spacial score (nSPS) is 10.6. The Morgan fingerprint density at radius 3 is 2.36 bits per heavy atom. The molecule has 0 aliphatic carbocycles. The molecule has 0 bridgehead atoms. The van der Waals surface area contributed by atoms with Crippen LogP contribution in [0.1, 0.15) is 46.5 Å². The minimum atomic E-state index is -0.782. The highest BCUT2D eigenvalue weighted by Crippen LogP contribution is 2.04. The topological polar surface area (TPSA) is 40.5 Å². The summed E-state index contributed by atoms with van der Waals surface area (Å²) in [5.74, 6) is 0.414. The number of hydrogen-bond acceptors (Lipinski definition) is 1. The van der Waals surface area contributed by atoms with Crippen LogP contribution in [-0.4, -0.2) is 29.2 Å². The summed E-state index contributed by atoms with van der Waals surface area (Å²) >= 11 is 0. The van der Waals surface area contributed by atoms with Crippen LogP contribution in [0.2, 0.25) is 0 Å². The van der Waals surface area contributed by atoms with Gasteiger partial charge in [0.15, 0.2) is 0 Å². The molecule has 0 saturated heterocycles. The number of nitrogens with zero attached hydrogens (tertiary/aromatic N) is 1. The minimum Gasteiger partial charge on any atom is -0.465 e. The Balaban J connectivity index is 3.68. The zero-order valence-electron chi connectivity index (χ0n) is 9.62. The number of carboxylic acid groups (broad SMARTS) is 1. The molecule has 0 heterocycles. The molecule has 84 valence electrons. The molecule has 3 heteroatoms. The van der Waals surface area contributed by atoms with Gasteiger partial charge in [0.05, 0.1) is 0 Å². The van der Waals surface area contributed by atoms with Gasteiger partial charge in [-0.3, -0.25) is 0 Å². The van der Waals surface area contributed by atoms with Crippen molar-refractivity contribution in [3.05, 3.63) is 0 Å². The van der Waals surface area contributed by atoms with E-state index in [1.165, 1.54) is 17.7 Å². The van der Waals surface area contributed by atoms with E-state index in [9.17, 15) is 4.79 Å². The fourth-order valence-electron chi connectivity index (χ4n) is 1.44. The first kappa shape index (κ1) is 13.3. The molecule has 0 aliphatic rings. The van der Waals surface area contributed by atoms with E-state index in [0.717, 1.165) is 12.8 Å². The van der Waals surface area contributed by atoms with Crippen molar-refractivity contribution in [2.24, 2.45) is 5.92 Å². The summed E-state index contributed by atoms with van der Waals surface area (Å²) in [5.41, 5.74) is 0. The third-order valence-electron chi connectivity index (χ3n) is 2.14. The van der Waals surface area contributed by atoms with E-state index in [4.69, 9.17) is 5.11 Å². The molecule has 0 fully saturated rings. The number of hydrogen-bond donors (Lipinski definition) is 1. The Labute approximate surface area is 87.1 Å². The summed E-state index contributed by atoms with van der Waals surface area (Å²) < 4.78 is 0. The smallest absolute Gasteiger partial charge is 0.407 e. The second kappa shape index (κ2) is 7.65. The van der Waals surface area contributed by atoms with Crippen molar-refractivity contribution in [2.45, 2.75) is 46.5 Å². The van der Waals surface area contributed by atoms with Crippen molar-refractivity contribution in [3.63, 3.8) is 0 Å². The van der Waals surface area contributed by atoms with Gasteiger partial charge in [0.1, 0.15) is 0 Å². The Morgan fingerprint density at radius 2 is 1.93 bits per heavy atom. The molecular weight excluding hydrogens is 178 g/mol. The molecule has 1 N–H and O–H groups in total. The van der Waals surface area contributed by atoms with Crippen molar-refractivity contribution < 1.29 is 9.90 Å². The van der Waals surface area contributed by atoms with E-state index in [1.54, 1.807) is 0 Å². The van der Waals surface area contributed by atoms with Gasteiger partial charge in [0.2, 0.25) is 0 Å². The van der Waals surface area contributed by atoms with Crippen LogP contribution >= 0.6 is 0 Å². The summed E-state index contributed by atoms with van der Waals surface area (Å²) in [6.07, 6.45) is 3.74. The first-order valence-corrected chi connectivity index (χ1v) is 5.55. The number of rotatable bonds is 7. The summed E-state index contributed by atoms with van der Waals surface area (Å²) in [7, 11) is 0. The lowest BCUT2D eigenvalue weighted by Crippen LogP contribution is -2.33. The predicted molar refractivity (Wildman–Crippen MR) is 58.6 cm³/mol. The lowest BCUT2D eigenvalue weighted by atomic mass is 10.1. The third kappa shape index (κ3) is 6.75. The van der Waals surface area contributed by atoms with Crippen molar-refractivity contribution in [1.82, 2.24) is 4.90 Å². The van der Waals surface area contributed by atoms with Crippen LogP contribution in [0.3, 0.4) is 0 Å². The SMILES string of the molecule is CCCCCCN(CC(C)C)C(=O)O. The van der Waals surface area contributed by atoms with Crippen molar-refractivity contribution >= 4 is 6.09 Å². The predicted octanol–water partition coefficient (Wildman–Crippen LogP) is 3.20. The molecule has 3 nitrogen and oxygen atoms in total. The monoisotopic (exact) mass is 201 g/mol. The Morgan fingerprint density at radius 1 is 1.29 bits per heavy atom. The Hall–Kier alpha value is -0.730. The van der Waals surface area contributed by atoms with Gasteiger partial charge in [0, 0.05) is 13.1 Å². The summed E-state index contributed by atoms with van der Waals surface area (Å²) in [6.45, 7) is 7.59. The van der Waals surface area contributed by atoms with Gasteiger partial charge in [-0.1, -0.05) is 40.0 Å². The molecule has 14 heavy (non-hydrogen) atoms. The fourth-order valence-corrected chi connectivity index (χ4v) is 1.44. The minimum absolute atomic E-state index is 0.414. The van der Waals surface area contributed by atoms with E-state index in [1.807, 2.05) is 13.8 Å². The average Bonchev–Trinajstić information content (AvgIpc) is 2.09. The molecule has 0 atom stereocenters. The number of carbonyl (C=O) groups is 1. The van der Waals surface area contributed by atoms with Crippen molar-refractivity contribution in [2.75, 3.05) is 13.1 Å². The zero-order valence-corrected chi connectivity index (χ0v) is 9.62. The van der Waals surface area contributed by atoms with Crippen LogP contribution in [0.5, 0.6) is 0 Å². The quantitative estimate of drug-likeness (QED) is 0.642. The van der Waals surface area contributed by atoms with Gasteiger partial charge in [0.25, 0.3) is 0 Å². The molecule has 1 amide bonds. The van der Waals surface area contributed by atoms with Crippen LogP contribution in [0.25, 0.3) is 0 Å². The first-order chi connectivity index (χ1) is 6.57. The van der Waals surface area contributed by atoms with E-state index >= 15 is 0 Å². The Kier molecular flexibility index (Phi) is 7.25. The molecule has 0 rings (SSSR count). The van der Waals surface area contributed by atoms with Gasteiger partial charge in [-0.15, -0.1) is 0 Å². The maximum Gasteiger partial charge on any atom is 0.407 e. The van der Waals surface area contributed by atoms with E-state index in [-0.39, 0.29) is 0 Å². The van der Waals surface area contributed by atoms with Crippen LogP contribution in [0.15, 0.2) is 0 Å². The molecule has 0 aromatic rings. The molecule has 0 spiro atoms. The second-order valence-corrected chi connectivity index (χ2v) is 4.18. The molecule has 0 radical (unpaired) electrons. The molecule has 0 aliphatic heterocycles. The zero-order chi connectivity index (χ0) is 11.0. The first-order valence-electron chi connectivity index (χ1n) is 5.55. The van der Waals surface area contributed by atoms with Crippen LogP contribution in [0, 0.1) is 5.92 Å². The summed E-state index contributed by atoms with van der Waals surface area (Å²) in [5, 5.41) is 8.90. The average molecular weight is 201 g/mol. The lowest BCUT2D eigenvalue weighted by molar-refractivity contribution is 0.138. The van der Waals surface area contributed by atoms with Crippen LogP contribution in [-0.2, 0) is 0 Å². The van der Waals surface area contributed by atoms with Crippen LogP contribution < -0.4 is 0 Å². The van der Waals surface area contributed by atoms with Gasteiger partial charge in [-0.2, -0.15) is 0 Å². The second-order valence-electron chi connectivity index (χ2n) is 4.18. The van der Waals surface area contributed by atoms with Crippen molar-refractivity contribution in [1.29, 1.82) is 0 Å². The third-order valence-corrected chi connectivity index (χ3v) is 2.14. The van der Waals surface area contributed by atoms with E-state index in [0.29, 0.717) is 19.0 Å². The fraction of sp³-hybridized carbons (Fsp3) is 0.909. The Bertz CT molecular complexity index is 157. The summed E-state index contributed by atoms with van der Waals surface area (Å²) in [4.78, 5) is 12.4. The highest BCUT2D eigenvalue weighted by molar-refractivity contribution is 5.64.